The summed E-state index contributed by atoms with van der Waals surface area (Å²) in [7, 11) is 1.64. The minimum Gasteiger partial charge on any atom is -0.385 e. The minimum absolute atomic E-state index is 0.0526. The first-order valence-electron chi connectivity index (χ1n) is 7.93. The molecular formula is C17H25FN2O3. The third kappa shape index (κ3) is 4.91. The van der Waals surface area contributed by atoms with Crippen LogP contribution in [-0.2, 0) is 9.47 Å². The maximum atomic E-state index is 13.4. The monoisotopic (exact) mass is 324 g/mol. The number of halogens is 1. The minimum atomic E-state index is -0.230. The van der Waals surface area contributed by atoms with Crippen LogP contribution in [0, 0.1) is 12.7 Å². The third-order valence-electron chi connectivity index (χ3n) is 4.03. The van der Waals surface area contributed by atoms with Crippen molar-refractivity contribution in [1.29, 1.82) is 0 Å². The van der Waals surface area contributed by atoms with Gasteiger partial charge in [-0.25, -0.2) is 9.18 Å². The Hall–Kier alpha value is -1.66. The predicted octanol–water partition coefficient (Wildman–Crippen LogP) is 2.64. The van der Waals surface area contributed by atoms with Crippen molar-refractivity contribution in [2.24, 2.45) is 0 Å². The summed E-state index contributed by atoms with van der Waals surface area (Å²) < 4.78 is 24.2. The van der Waals surface area contributed by atoms with E-state index in [-0.39, 0.29) is 24.0 Å². The summed E-state index contributed by atoms with van der Waals surface area (Å²) in [4.78, 5) is 14.1. The molecule has 1 heterocycles. The van der Waals surface area contributed by atoms with Crippen molar-refractivity contribution >= 4 is 6.03 Å². The van der Waals surface area contributed by atoms with E-state index in [1.165, 1.54) is 6.07 Å². The van der Waals surface area contributed by atoms with E-state index in [1.54, 1.807) is 31.1 Å². The molecule has 2 rings (SSSR count). The third-order valence-corrected chi connectivity index (χ3v) is 4.03. The number of methoxy groups -OCH3 is 1. The highest BCUT2D eigenvalue weighted by molar-refractivity contribution is 5.74. The van der Waals surface area contributed by atoms with Crippen LogP contribution in [-0.4, -0.2) is 50.4 Å². The Morgan fingerprint density at radius 1 is 1.57 bits per heavy atom. The van der Waals surface area contributed by atoms with Gasteiger partial charge in [0.25, 0.3) is 0 Å². The second-order valence-electron chi connectivity index (χ2n) is 5.95. The Morgan fingerprint density at radius 3 is 3.04 bits per heavy atom. The van der Waals surface area contributed by atoms with Crippen LogP contribution in [0.25, 0.3) is 0 Å². The van der Waals surface area contributed by atoms with Gasteiger partial charge in [0, 0.05) is 26.3 Å². The molecule has 128 valence electrons. The number of amides is 2. The number of carbonyl (C=O) groups excluding carboxylic acids is 1. The number of hydrogen-bond donors (Lipinski definition) is 1. The summed E-state index contributed by atoms with van der Waals surface area (Å²) in [5.41, 5.74) is 1.48. The van der Waals surface area contributed by atoms with Gasteiger partial charge in [-0.1, -0.05) is 12.1 Å². The Morgan fingerprint density at radius 2 is 2.35 bits per heavy atom. The van der Waals surface area contributed by atoms with E-state index in [4.69, 9.17) is 9.47 Å². The highest BCUT2D eigenvalue weighted by Gasteiger charge is 2.26. The number of hydrogen-bond acceptors (Lipinski definition) is 3. The zero-order valence-corrected chi connectivity index (χ0v) is 14.0. The molecule has 1 aromatic rings. The summed E-state index contributed by atoms with van der Waals surface area (Å²) in [6, 6.07) is 4.90. The highest BCUT2D eigenvalue weighted by atomic mass is 19.1. The van der Waals surface area contributed by atoms with Gasteiger partial charge in [0.05, 0.1) is 13.2 Å². The molecule has 1 aliphatic rings. The summed E-state index contributed by atoms with van der Waals surface area (Å²) in [5.74, 6) is -0.230. The van der Waals surface area contributed by atoms with Gasteiger partial charge in [-0.2, -0.15) is 0 Å². The van der Waals surface area contributed by atoms with E-state index < -0.39 is 0 Å². The van der Waals surface area contributed by atoms with Gasteiger partial charge in [0.1, 0.15) is 11.9 Å². The molecule has 6 heteroatoms. The molecule has 0 bridgehead atoms. The number of urea groups is 1. The number of morpholine rings is 1. The van der Waals surface area contributed by atoms with Crippen LogP contribution >= 0.6 is 0 Å². The maximum Gasteiger partial charge on any atom is 0.317 e. The van der Waals surface area contributed by atoms with Gasteiger partial charge in [-0.3, -0.25) is 0 Å². The highest BCUT2D eigenvalue weighted by Crippen LogP contribution is 2.24. The summed E-state index contributed by atoms with van der Waals surface area (Å²) >= 11 is 0. The fourth-order valence-electron chi connectivity index (χ4n) is 2.57. The Kier molecular flexibility index (Phi) is 6.36. The average molecular weight is 324 g/mol. The lowest BCUT2D eigenvalue weighted by molar-refractivity contribution is -0.0158. The number of carbonyl (C=O) groups is 1. The Bertz CT molecular complexity index is 539. The summed E-state index contributed by atoms with van der Waals surface area (Å²) in [6.45, 7) is 5.79. The molecule has 1 N–H and O–H groups in total. The van der Waals surface area contributed by atoms with Crippen LogP contribution in [0.4, 0.5) is 9.18 Å². The van der Waals surface area contributed by atoms with Crippen molar-refractivity contribution in [2.45, 2.75) is 32.4 Å². The van der Waals surface area contributed by atoms with Crippen LogP contribution in [0.2, 0.25) is 0 Å². The first kappa shape index (κ1) is 17.7. The molecular weight excluding hydrogens is 299 g/mol. The van der Waals surface area contributed by atoms with E-state index in [0.717, 1.165) is 12.0 Å². The molecule has 0 unspecified atom stereocenters. The molecule has 1 aromatic carbocycles. The standard InChI is InChI=1S/C17H25FN2O3/c1-12-10-14(4-5-15(12)18)16-11-20(7-9-23-16)17(21)19-13(2)6-8-22-3/h4-5,10,13,16H,6-9,11H2,1-3H3,(H,19,21)/t13-,16-/m1/s1. The topological polar surface area (TPSA) is 50.8 Å². The van der Waals surface area contributed by atoms with Crippen molar-refractivity contribution in [2.75, 3.05) is 33.4 Å². The molecule has 5 nitrogen and oxygen atoms in total. The lowest BCUT2D eigenvalue weighted by Gasteiger charge is -2.34. The smallest absolute Gasteiger partial charge is 0.317 e. The van der Waals surface area contributed by atoms with Crippen molar-refractivity contribution in [3.8, 4) is 0 Å². The van der Waals surface area contributed by atoms with Gasteiger partial charge < -0.3 is 19.7 Å². The largest absolute Gasteiger partial charge is 0.385 e. The first-order chi connectivity index (χ1) is 11.0. The van der Waals surface area contributed by atoms with Gasteiger partial charge >= 0.3 is 6.03 Å². The Labute approximate surface area is 136 Å². The lowest BCUT2D eigenvalue weighted by atomic mass is 10.0. The molecule has 0 spiro atoms. The number of rotatable bonds is 5. The van der Waals surface area contributed by atoms with Gasteiger partial charge in [-0.05, 0) is 37.5 Å². The molecule has 0 saturated carbocycles. The number of benzene rings is 1. The number of nitrogens with zero attached hydrogens (tertiary/aromatic N) is 1. The van der Waals surface area contributed by atoms with E-state index >= 15 is 0 Å². The second kappa shape index (κ2) is 8.26. The van der Waals surface area contributed by atoms with E-state index in [1.807, 2.05) is 6.92 Å². The van der Waals surface area contributed by atoms with Crippen molar-refractivity contribution < 1.29 is 18.7 Å². The van der Waals surface area contributed by atoms with Gasteiger partial charge in [0.2, 0.25) is 0 Å². The lowest BCUT2D eigenvalue weighted by Crippen LogP contribution is -2.49. The van der Waals surface area contributed by atoms with Gasteiger partial charge in [-0.15, -0.1) is 0 Å². The number of ether oxygens (including phenoxy) is 2. The van der Waals surface area contributed by atoms with Crippen molar-refractivity contribution in [3.05, 3.63) is 35.1 Å². The molecule has 1 aliphatic heterocycles. The fourth-order valence-corrected chi connectivity index (χ4v) is 2.57. The molecule has 2 atom stereocenters. The fraction of sp³-hybridized carbons (Fsp3) is 0.588. The summed E-state index contributed by atoms with van der Waals surface area (Å²) in [5, 5.41) is 2.97. The molecule has 1 saturated heterocycles. The average Bonchev–Trinajstić information content (AvgIpc) is 2.55. The number of nitrogens with one attached hydrogen (secondary N) is 1. The van der Waals surface area contributed by atoms with Crippen LogP contribution in [0.15, 0.2) is 18.2 Å². The molecule has 1 fully saturated rings. The molecule has 23 heavy (non-hydrogen) atoms. The van der Waals surface area contributed by atoms with E-state index in [2.05, 4.69) is 5.32 Å². The Balaban J connectivity index is 1.94. The SMILES string of the molecule is COCC[C@@H](C)NC(=O)N1CCO[C@@H](c2ccc(F)c(C)c2)C1. The van der Waals surface area contributed by atoms with Crippen LogP contribution < -0.4 is 5.32 Å². The van der Waals surface area contributed by atoms with Gasteiger partial charge in [0.15, 0.2) is 0 Å². The second-order valence-corrected chi connectivity index (χ2v) is 5.95. The number of aryl methyl sites for hydroxylation is 1. The summed E-state index contributed by atoms with van der Waals surface area (Å²) in [6.07, 6.45) is 0.552. The van der Waals surface area contributed by atoms with E-state index in [0.29, 0.717) is 31.9 Å². The predicted molar refractivity (Wildman–Crippen MR) is 85.9 cm³/mol. The van der Waals surface area contributed by atoms with Crippen molar-refractivity contribution in [1.82, 2.24) is 10.2 Å². The first-order valence-corrected chi connectivity index (χ1v) is 7.93. The zero-order chi connectivity index (χ0) is 16.8. The zero-order valence-electron chi connectivity index (χ0n) is 14.0. The van der Waals surface area contributed by atoms with Crippen LogP contribution in [0.1, 0.15) is 30.6 Å². The molecule has 0 radical (unpaired) electrons. The molecule has 0 aliphatic carbocycles. The van der Waals surface area contributed by atoms with Crippen LogP contribution in [0.5, 0.6) is 0 Å². The molecule has 0 aromatic heterocycles. The normalized spacial score (nSPS) is 19.5. The quantitative estimate of drug-likeness (QED) is 0.906. The van der Waals surface area contributed by atoms with Crippen LogP contribution in [0.3, 0.4) is 0 Å². The molecule has 2 amide bonds. The maximum absolute atomic E-state index is 13.4. The van der Waals surface area contributed by atoms with E-state index in [9.17, 15) is 9.18 Å². The van der Waals surface area contributed by atoms with Crippen molar-refractivity contribution in [3.63, 3.8) is 0 Å².